The molecule has 0 saturated carbocycles. The summed E-state index contributed by atoms with van der Waals surface area (Å²) in [5.41, 5.74) is 0.129. The molecule has 1 aromatic carbocycles. The number of carbonyl (C=O) groups is 1. The second-order valence-corrected chi connectivity index (χ2v) is 2.62. The highest BCUT2D eigenvalue weighted by atomic mass is 35.5. The van der Waals surface area contributed by atoms with Crippen LogP contribution in [0.15, 0.2) is 18.2 Å². The van der Waals surface area contributed by atoms with Crippen molar-refractivity contribution in [3.8, 4) is 0 Å². The van der Waals surface area contributed by atoms with Gasteiger partial charge in [0, 0.05) is 10.6 Å². The van der Waals surface area contributed by atoms with E-state index in [1.165, 1.54) is 18.2 Å². The first-order valence-corrected chi connectivity index (χ1v) is 3.63. The van der Waals surface area contributed by atoms with Gasteiger partial charge in [-0.25, -0.2) is 9.90 Å². The second kappa shape index (κ2) is 3.56. The van der Waals surface area contributed by atoms with E-state index in [1.807, 2.05) is 0 Å². The number of halogens is 1. The molecule has 0 atom stereocenters. The van der Waals surface area contributed by atoms with Gasteiger partial charge in [0.25, 0.3) is 0 Å². The summed E-state index contributed by atoms with van der Waals surface area (Å²) < 4.78 is 0. The highest BCUT2D eigenvalue weighted by Gasteiger charge is 2.11. The Morgan fingerprint density at radius 3 is 2.58 bits per heavy atom. The molecule has 12 heavy (non-hydrogen) atoms. The number of carboxylic acid groups (broad SMARTS) is 1. The first-order chi connectivity index (χ1) is 5.66. The third kappa shape index (κ3) is 1.57. The van der Waals surface area contributed by atoms with Crippen LogP contribution in [0.3, 0.4) is 0 Å². The fourth-order valence-electron chi connectivity index (χ4n) is 0.906. The predicted octanol–water partition coefficient (Wildman–Crippen LogP) is 1.97. The molecule has 0 fully saturated rings. The third-order valence-corrected chi connectivity index (χ3v) is 1.85. The summed E-state index contributed by atoms with van der Waals surface area (Å²) in [7, 11) is 0. The summed E-state index contributed by atoms with van der Waals surface area (Å²) in [4.78, 5) is 10.5. The first-order valence-electron chi connectivity index (χ1n) is 3.25. The normalized spacial score (nSPS) is 9.83. The van der Waals surface area contributed by atoms with Gasteiger partial charge in [-0.05, 0) is 12.1 Å². The lowest BCUT2D eigenvalue weighted by molar-refractivity contribution is 0.0690. The van der Waals surface area contributed by atoms with Crippen molar-refractivity contribution >= 4 is 17.6 Å². The fraction of sp³-hybridized carbons (Fsp3) is 0.125. The van der Waals surface area contributed by atoms with Gasteiger partial charge in [0.2, 0.25) is 0 Å². The minimum Gasteiger partial charge on any atom is -0.478 e. The summed E-state index contributed by atoms with van der Waals surface area (Å²) in [5, 5.41) is 19.4. The van der Waals surface area contributed by atoms with Crippen LogP contribution >= 0.6 is 11.6 Å². The molecular weight excluding hydrogens is 180 g/mol. The zero-order valence-electron chi connectivity index (χ0n) is 6.08. The highest BCUT2D eigenvalue weighted by molar-refractivity contribution is 6.31. The van der Waals surface area contributed by atoms with E-state index < -0.39 is 12.6 Å². The minimum atomic E-state index is -1.12. The van der Waals surface area contributed by atoms with E-state index in [0.717, 1.165) is 0 Å². The van der Waals surface area contributed by atoms with Crippen LogP contribution in [0, 0.1) is 0 Å². The van der Waals surface area contributed by atoms with Crippen molar-refractivity contribution in [2.24, 2.45) is 0 Å². The molecule has 0 bridgehead atoms. The van der Waals surface area contributed by atoms with Crippen LogP contribution in [0.5, 0.6) is 0 Å². The van der Waals surface area contributed by atoms with Crippen molar-refractivity contribution in [1.29, 1.82) is 0 Å². The quantitative estimate of drug-likeness (QED) is 0.766. The molecular formula is C8H6ClO3. The van der Waals surface area contributed by atoms with Crippen LogP contribution in [0.4, 0.5) is 0 Å². The molecule has 3 nitrogen and oxygen atoms in total. The average Bonchev–Trinajstić information content (AvgIpc) is 2.03. The lowest BCUT2D eigenvalue weighted by Crippen LogP contribution is -2.02. The van der Waals surface area contributed by atoms with Gasteiger partial charge in [-0.1, -0.05) is 17.7 Å². The van der Waals surface area contributed by atoms with Crippen LogP contribution in [0.1, 0.15) is 15.9 Å². The fourth-order valence-corrected chi connectivity index (χ4v) is 1.13. The SMILES string of the molecule is [O]Cc1c(Cl)cccc1C(=O)O. The molecule has 0 heterocycles. The molecule has 0 aliphatic heterocycles. The van der Waals surface area contributed by atoms with E-state index in [2.05, 4.69) is 0 Å². The van der Waals surface area contributed by atoms with Gasteiger partial charge in [0.05, 0.1) is 5.56 Å². The van der Waals surface area contributed by atoms with Crippen LogP contribution in [0.2, 0.25) is 5.02 Å². The summed E-state index contributed by atoms with van der Waals surface area (Å²) >= 11 is 5.61. The molecule has 1 aromatic rings. The topological polar surface area (TPSA) is 57.2 Å². The molecule has 0 saturated heterocycles. The predicted molar refractivity (Wildman–Crippen MR) is 42.8 cm³/mol. The Morgan fingerprint density at radius 2 is 2.17 bits per heavy atom. The summed E-state index contributed by atoms with van der Waals surface area (Å²) in [6.07, 6.45) is 0. The van der Waals surface area contributed by atoms with Gasteiger partial charge in [-0.3, -0.25) is 0 Å². The van der Waals surface area contributed by atoms with Crippen LogP contribution in [-0.2, 0) is 11.7 Å². The zero-order chi connectivity index (χ0) is 9.14. The first kappa shape index (κ1) is 9.03. The van der Waals surface area contributed by atoms with Gasteiger partial charge in [0.1, 0.15) is 6.61 Å². The van der Waals surface area contributed by atoms with Crippen molar-refractivity contribution in [1.82, 2.24) is 0 Å². The minimum absolute atomic E-state index is 0.0162. The maximum atomic E-state index is 10.5. The average molecular weight is 186 g/mol. The van der Waals surface area contributed by atoms with Crippen LogP contribution in [-0.4, -0.2) is 11.1 Å². The van der Waals surface area contributed by atoms with Crippen molar-refractivity contribution in [2.75, 3.05) is 0 Å². The van der Waals surface area contributed by atoms with E-state index in [4.69, 9.17) is 16.7 Å². The standard InChI is InChI=1S/C8H6ClO3/c9-7-3-1-2-5(8(11)12)6(7)4-10/h1-3H,4H2,(H,11,12). The number of carboxylic acids is 1. The Morgan fingerprint density at radius 1 is 1.50 bits per heavy atom. The molecule has 1 radical (unpaired) electrons. The maximum absolute atomic E-state index is 10.5. The largest absolute Gasteiger partial charge is 0.478 e. The summed E-state index contributed by atoms with van der Waals surface area (Å²) in [6, 6.07) is 4.37. The summed E-state index contributed by atoms with van der Waals surface area (Å²) in [5.74, 6) is -1.12. The molecule has 0 amide bonds. The van der Waals surface area contributed by atoms with Crippen LogP contribution < -0.4 is 0 Å². The summed E-state index contributed by atoms with van der Waals surface area (Å²) in [6.45, 7) is -0.610. The number of hydrogen-bond donors (Lipinski definition) is 1. The number of rotatable bonds is 2. The van der Waals surface area contributed by atoms with E-state index >= 15 is 0 Å². The van der Waals surface area contributed by atoms with Crippen molar-refractivity contribution in [3.05, 3.63) is 34.3 Å². The van der Waals surface area contributed by atoms with E-state index in [1.54, 1.807) is 0 Å². The maximum Gasteiger partial charge on any atom is 0.336 e. The lowest BCUT2D eigenvalue weighted by atomic mass is 10.1. The molecule has 0 aliphatic rings. The van der Waals surface area contributed by atoms with Crippen molar-refractivity contribution in [2.45, 2.75) is 6.61 Å². The second-order valence-electron chi connectivity index (χ2n) is 2.22. The molecule has 0 unspecified atom stereocenters. The number of benzene rings is 1. The van der Waals surface area contributed by atoms with Crippen molar-refractivity contribution in [3.63, 3.8) is 0 Å². The molecule has 63 valence electrons. The van der Waals surface area contributed by atoms with E-state index in [0.29, 0.717) is 0 Å². The Kier molecular flexibility index (Phi) is 2.68. The van der Waals surface area contributed by atoms with Gasteiger partial charge < -0.3 is 5.11 Å². The smallest absolute Gasteiger partial charge is 0.336 e. The molecule has 0 spiro atoms. The van der Waals surface area contributed by atoms with Gasteiger partial charge in [0.15, 0.2) is 0 Å². The van der Waals surface area contributed by atoms with E-state index in [-0.39, 0.29) is 16.1 Å². The van der Waals surface area contributed by atoms with Gasteiger partial charge >= 0.3 is 5.97 Å². The highest BCUT2D eigenvalue weighted by Crippen LogP contribution is 2.19. The zero-order valence-corrected chi connectivity index (χ0v) is 6.84. The molecule has 1 rings (SSSR count). The number of aromatic carboxylic acids is 1. The Labute approximate surface area is 74.2 Å². The molecule has 0 aromatic heterocycles. The molecule has 4 heteroatoms. The Bertz CT molecular complexity index is 309. The van der Waals surface area contributed by atoms with Crippen LogP contribution in [0.25, 0.3) is 0 Å². The number of hydrogen-bond acceptors (Lipinski definition) is 1. The monoisotopic (exact) mass is 185 g/mol. The Balaban J connectivity index is 3.27. The molecule has 1 N–H and O–H groups in total. The Hall–Kier alpha value is -1.06. The van der Waals surface area contributed by atoms with Gasteiger partial charge in [-0.2, -0.15) is 0 Å². The third-order valence-electron chi connectivity index (χ3n) is 1.49. The van der Waals surface area contributed by atoms with E-state index in [9.17, 15) is 9.90 Å². The van der Waals surface area contributed by atoms with Gasteiger partial charge in [-0.15, -0.1) is 0 Å². The van der Waals surface area contributed by atoms with Crippen molar-refractivity contribution < 1.29 is 15.0 Å². The lowest BCUT2D eigenvalue weighted by Gasteiger charge is -2.02. The molecule has 0 aliphatic carbocycles.